The van der Waals surface area contributed by atoms with Crippen LogP contribution in [-0.4, -0.2) is 43.2 Å². The van der Waals surface area contributed by atoms with E-state index in [4.69, 9.17) is 4.98 Å². The maximum atomic E-state index is 12.5. The fourth-order valence-corrected chi connectivity index (χ4v) is 5.19. The van der Waals surface area contributed by atoms with E-state index in [9.17, 15) is 10.1 Å². The summed E-state index contributed by atoms with van der Waals surface area (Å²) in [7, 11) is 0. The van der Waals surface area contributed by atoms with Gasteiger partial charge in [0.2, 0.25) is 11.9 Å². The maximum absolute atomic E-state index is 12.5. The maximum Gasteiger partial charge on any atom is 0.224 e. The molecule has 0 saturated heterocycles. The first-order chi connectivity index (χ1) is 17.1. The van der Waals surface area contributed by atoms with E-state index < -0.39 is 0 Å². The van der Waals surface area contributed by atoms with E-state index in [2.05, 4.69) is 47.7 Å². The van der Waals surface area contributed by atoms with Crippen molar-refractivity contribution >= 4 is 49.7 Å². The van der Waals surface area contributed by atoms with Crippen molar-refractivity contribution in [2.45, 2.75) is 38.1 Å². The van der Waals surface area contributed by atoms with Gasteiger partial charge in [0.05, 0.1) is 22.2 Å². The molecule has 176 valence electrons. The van der Waals surface area contributed by atoms with Crippen molar-refractivity contribution in [1.29, 1.82) is 5.26 Å². The second-order valence-corrected chi connectivity index (χ2v) is 10.1. The summed E-state index contributed by atoms with van der Waals surface area (Å²) in [5, 5.41) is 22.4. The normalized spacial score (nSPS) is 19.7. The summed E-state index contributed by atoms with van der Waals surface area (Å²) in [5.74, 6) is 1.38. The molecule has 10 heteroatoms. The van der Waals surface area contributed by atoms with Crippen LogP contribution in [-0.2, 0) is 4.79 Å². The van der Waals surface area contributed by atoms with Crippen LogP contribution in [0.3, 0.4) is 0 Å². The third-order valence-corrected chi connectivity index (χ3v) is 7.42. The SMILES string of the molecule is N#Cc1cc(-n2nc(Br)c3cnc(N[C@@H]4CC[C@@H](C(=O)NCC5CC5)C4)nc32)cc2cccnc12. The number of rotatable bonds is 6. The van der Waals surface area contributed by atoms with Crippen molar-refractivity contribution in [1.82, 2.24) is 30.0 Å². The lowest BCUT2D eigenvalue weighted by Gasteiger charge is -2.14. The first-order valence-corrected chi connectivity index (χ1v) is 12.6. The van der Waals surface area contributed by atoms with Gasteiger partial charge in [-0.1, -0.05) is 6.07 Å². The molecule has 2 aliphatic rings. The number of hydrogen-bond acceptors (Lipinski definition) is 7. The zero-order chi connectivity index (χ0) is 23.9. The molecule has 2 fully saturated rings. The highest BCUT2D eigenvalue weighted by Gasteiger charge is 2.31. The number of carbonyl (C=O) groups is 1. The number of fused-ring (bicyclic) bond motifs is 2. The van der Waals surface area contributed by atoms with Crippen LogP contribution in [0.15, 0.2) is 41.3 Å². The Balaban J connectivity index is 1.26. The molecule has 2 saturated carbocycles. The number of anilines is 1. The van der Waals surface area contributed by atoms with Crippen LogP contribution in [0.2, 0.25) is 0 Å². The minimum Gasteiger partial charge on any atom is -0.356 e. The molecule has 1 aromatic carbocycles. The van der Waals surface area contributed by atoms with E-state index in [1.54, 1.807) is 23.1 Å². The van der Waals surface area contributed by atoms with Gasteiger partial charge in [-0.2, -0.15) is 15.3 Å². The number of nitrogens with one attached hydrogen (secondary N) is 2. The predicted molar refractivity (Wildman–Crippen MR) is 135 cm³/mol. The third kappa shape index (κ3) is 4.32. The van der Waals surface area contributed by atoms with Gasteiger partial charge in [-0.05, 0) is 72.2 Å². The number of pyridine rings is 1. The molecule has 35 heavy (non-hydrogen) atoms. The number of hydrogen-bond donors (Lipinski definition) is 2. The molecule has 1 amide bonds. The average molecular weight is 531 g/mol. The lowest BCUT2D eigenvalue weighted by Crippen LogP contribution is -2.31. The first kappa shape index (κ1) is 21.9. The van der Waals surface area contributed by atoms with Crippen molar-refractivity contribution < 1.29 is 4.79 Å². The Morgan fingerprint density at radius 1 is 1.23 bits per heavy atom. The van der Waals surface area contributed by atoms with E-state index in [0.717, 1.165) is 42.3 Å². The van der Waals surface area contributed by atoms with E-state index in [0.29, 0.717) is 33.2 Å². The number of nitriles is 1. The molecule has 2 aliphatic carbocycles. The van der Waals surface area contributed by atoms with Gasteiger partial charge in [0.25, 0.3) is 0 Å². The molecule has 0 aliphatic heterocycles. The Labute approximate surface area is 210 Å². The van der Waals surface area contributed by atoms with E-state index >= 15 is 0 Å². The van der Waals surface area contributed by atoms with Gasteiger partial charge in [0.15, 0.2) is 5.65 Å². The Bertz CT molecular complexity index is 1490. The summed E-state index contributed by atoms with van der Waals surface area (Å²) >= 11 is 3.51. The van der Waals surface area contributed by atoms with Crippen LogP contribution < -0.4 is 10.6 Å². The van der Waals surface area contributed by atoms with E-state index in [1.165, 1.54) is 12.8 Å². The van der Waals surface area contributed by atoms with Gasteiger partial charge in [-0.15, -0.1) is 0 Å². The number of benzene rings is 1. The topological polar surface area (TPSA) is 121 Å². The number of halogens is 1. The summed E-state index contributed by atoms with van der Waals surface area (Å²) in [6, 6.07) is 9.85. The quantitative estimate of drug-likeness (QED) is 0.384. The van der Waals surface area contributed by atoms with Gasteiger partial charge in [-0.25, -0.2) is 9.67 Å². The van der Waals surface area contributed by atoms with Gasteiger partial charge in [-0.3, -0.25) is 9.78 Å². The molecule has 6 rings (SSSR count). The van der Waals surface area contributed by atoms with Gasteiger partial charge >= 0.3 is 0 Å². The van der Waals surface area contributed by atoms with E-state index in [-0.39, 0.29) is 17.9 Å². The fourth-order valence-electron chi connectivity index (χ4n) is 4.75. The smallest absolute Gasteiger partial charge is 0.224 e. The third-order valence-electron chi connectivity index (χ3n) is 6.83. The number of aromatic nitrogens is 5. The monoisotopic (exact) mass is 530 g/mol. The highest BCUT2D eigenvalue weighted by Crippen LogP contribution is 2.31. The summed E-state index contributed by atoms with van der Waals surface area (Å²) in [4.78, 5) is 26.1. The zero-order valence-electron chi connectivity index (χ0n) is 18.9. The Morgan fingerprint density at radius 3 is 2.94 bits per heavy atom. The molecule has 2 atom stereocenters. The lowest BCUT2D eigenvalue weighted by molar-refractivity contribution is -0.124. The minimum atomic E-state index is 0.0327. The standard InChI is InChI=1S/C25H23BrN8O/c26-22-20-13-30-25(31-18-6-5-16(8-18)24(35)29-12-14-3-4-14)32-23(20)34(33-22)19-9-15-2-1-7-28-21(15)17(10-19)11-27/h1-2,7,9-10,13-14,16,18H,3-6,8,12H2,(H,29,35)(H,30,31,32)/t16-,18-/m1/s1. The van der Waals surface area contributed by atoms with Crippen molar-refractivity contribution in [2.75, 3.05) is 11.9 Å². The van der Waals surface area contributed by atoms with Gasteiger partial charge in [0, 0.05) is 36.3 Å². The second kappa shape index (κ2) is 8.89. The largest absolute Gasteiger partial charge is 0.356 e. The Hall–Kier alpha value is -3.58. The average Bonchev–Trinajstić information content (AvgIpc) is 3.50. The lowest BCUT2D eigenvalue weighted by atomic mass is 10.1. The Morgan fingerprint density at radius 2 is 2.11 bits per heavy atom. The summed E-state index contributed by atoms with van der Waals surface area (Å²) in [6.45, 7) is 0.810. The van der Waals surface area contributed by atoms with Crippen molar-refractivity contribution in [3.8, 4) is 11.8 Å². The fraction of sp³-hybridized carbons (Fsp3) is 0.360. The molecule has 3 aromatic heterocycles. The molecule has 3 heterocycles. The van der Waals surface area contributed by atoms with Crippen LogP contribution in [0.1, 0.15) is 37.7 Å². The van der Waals surface area contributed by atoms with Crippen LogP contribution in [0.4, 0.5) is 5.95 Å². The van der Waals surface area contributed by atoms with Gasteiger partial charge in [0.1, 0.15) is 10.7 Å². The highest BCUT2D eigenvalue weighted by atomic mass is 79.9. The highest BCUT2D eigenvalue weighted by molar-refractivity contribution is 9.10. The molecular weight excluding hydrogens is 508 g/mol. The Kier molecular flexibility index (Phi) is 5.57. The van der Waals surface area contributed by atoms with Crippen LogP contribution in [0.25, 0.3) is 27.6 Å². The first-order valence-electron chi connectivity index (χ1n) is 11.8. The molecule has 0 unspecified atom stereocenters. The summed E-state index contributed by atoms with van der Waals surface area (Å²) < 4.78 is 2.33. The van der Waals surface area contributed by atoms with Gasteiger partial charge < -0.3 is 10.6 Å². The molecule has 0 spiro atoms. The molecule has 2 N–H and O–H groups in total. The summed E-state index contributed by atoms with van der Waals surface area (Å²) in [6.07, 6.45) is 8.41. The van der Waals surface area contributed by atoms with Crippen molar-refractivity contribution in [3.63, 3.8) is 0 Å². The second-order valence-electron chi connectivity index (χ2n) is 9.35. The van der Waals surface area contributed by atoms with Crippen molar-refractivity contribution in [3.05, 3.63) is 46.8 Å². The molecule has 0 bridgehead atoms. The number of nitrogens with zero attached hydrogens (tertiary/aromatic N) is 6. The van der Waals surface area contributed by atoms with Crippen LogP contribution >= 0.6 is 15.9 Å². The van der Waals surface area contributed by atoms with Crippen molar-refractivity contribution in [2.24, 2.45) is 11.8 Å². The number of carbonyl (C=O) groups excluding carboxylic acids is 1. The van der Waals surface area contributed by atoms with E-state index in [1.807, 2.05) is 18.2 Å². The van der Waals surface area contributed by atoms with Crippen LogP contribution in [0.5, 0.6) is 0 Å². The van der Waals surface area contributed by atoms with Crippen LogP contribution in [0, 0.1) is 23.2 Å². The molecular formula is C25H23BrN8O. The molecule has 9 nitrogen and oxygen atoms in total. The molecule has 4 aromatic rings. The zero-order valence-corrected chi connectivity index (χ0v) is 20.5. The molecule has 0 radical (unpaired) electrons. The summed E-state index contributed by atoms with van der Waals surface area (Å²) in [5.41, 5.74) is 2.47. The predicted octanol–water partition coefficient (Wildman–Crippen LogP) is 4.10. The minimum absolute atomic E-state index is 0.0327. The number of amides is 1.